The van der Waals surface area contributed by atoms with Gasteiger partial charge in [-0.1, -0.05) is 18.2 Å². The highest BCUT2D eigenvalue weighted by atomic mass is 16.5. The first-order chi connectivity index (χ1) is 10.6. The Morgan fingerprint density at radius 2 is 2.05 bits per heavy atom. The lowest BCUT2D eigenvalue weighted by atomic mass is 10.1. The van der Waals surface area contributed by atoms with Gasteiger partial charge in [-0.05, 0) is 13.1 Å². The van der Waals surface area contributed by atoms with Crippen molar-refractivity contribution in [3.8, 4) is 5.75 Å². The normalized spacial score (nSPS) is 18.9. The van der Waals surface area contributed by atoms with Gasteiger partial charge in [-0.3, -0.25) is 14.5 Å². The predicted octanol–water partition coefficient (Wildman–Crippen LogP) is 0.126. The van der Waals surface area contributed by atoms with Gasteiger partial charge in [0.05, 0.1) is 13.5 Å². The number of hydrogen-bond donors (Lipinski definition) is 1. The van der Waals surface area contributed by atoms with Gasteiger partial charge in [-0.2, -0.15) is 0 Å². The number of nitrogens with zero attached hydrogens (tertiary/aromatic N) is 2. The van der Waals surface area contributed by atoms with Crippen LogP contribution in [0.4, 0.5) is 0 Å². The summed E-state index contributed by atoms with van der Waals surface area (Å²) in [6.07, 6.45) is 0.286. The zero-order valence-corrected chi connectivity index (χ0v) is 13.3. The fourth-order valence-electron chi connectivity index (χ4n) is 2.67. The number of likely N-dealkylation sites (N-methyl/N-ethyl adjacent to an activating group) is 2. The molecular formula is C16H23N3O3. The summed E-state index contributed by atoms with van der Waals surface area (Å²) in [5.74, 6) is 0.677. The average molecular weight is 305 g/mol. The minimum Gasteiger partial charge on any atom is -0.496 e. The smallest absolute Gasteiger partial charge is 0.238 e. The molecule has 1 aromatic rings. The lowest BCUT2D eigenvalue weighted by Crippen LogP contribution is -2.58. The van der Waals surface area contributed by atoms with Crippen LogP contribution >= 0.6 is 0 Å². The number of methoxy groups -OCH3 is 1. The SMILES string of the molecule is CNC(=O)[C@H]1CN(C(=O)Cc2ccccc2OC)CCN1C. The van der Waals surface area contributed by atoms with Crippen LogP contribution in [0.5, 0.6) is 5.75 Å². The van der Waals surface area contributed by atoms with Crippen LogP contribution in [-0.4, -0.2) is 68.5 Å². The number of benzene rings is 1. The zero-order chi connectivity index (χ0) is 16.1. The number of nitrogens with one attached hydrogen (secondary N) is 1. The second kappa shape index (κ2) is 7.26. The molecule has 0 aromatic heterocycles. The van der Waals surface area contributed by atoms with Gasteiger partial charge >= 0.3 is 0 Å². The largest absolute Gasteiger partial charge is 0.496 e. The van der Waals surface area contributed by atoms with Crippen molar-refractivity contribution in [2.45, 2.75) is 12.5 Å². The van der Waals surface area contributed by atoms with Crippen LogP contribution in [0.2, 0.25) is 0 Å². The topological polar surface area (TPSA) is 61.9 Å². The molecule has 0 saturated carbocycles. The summed E-state index contributed by atoms with van der Waals surface area (Å²) in [5, 5.41) is 2.65. The predicted molar refractivity (Wildman–Crippen MR) is 83.8 cm³/mol. The highest BCUT2D eigenvalue weighted by Crippen LogP contribution is 2.19. The second-order valence-electron chi connectivity index (χ2n) is 5.44. The van der Waals surface area contributed by atoms with Gasteiger partial charge in [0.15, 0.2) is 0 Å². The minimum absolute atomic E-state index is 0.0199. The third kappa shape index (κ3) is 3.57. The molecule has 1 N–H and O–H groups in total. The molecule has 1 aromatic carbocycles. The third-order valence-corrected chi connectivity index (χ3v) is 4.08. The third-order valence-electron chi connectivity index (χ3n) is 4.08. The van der Waals surface area contributed by atoms with Gasteiger partial charge in [0.1, 0.15) is 11.8 Å². The van der Waals surface area contributed by atoms with Crippen molar-refractivity contribution in [3.63, 3.8) is 0 Å². The Kier molecular flexibility index (Phi) is 5.38. The van der Waals surface area contributed by atoms with E-state index >= 15 is 0 Å². The van der Waals surface area contributed by atoms with Gasteiger partial charge in [0, 0.05) is 32.2 Å². The van der Waals surface area contributed by atoms with Crippen molar-refractivity contribution in [1.82, 2.24) is 15.1 Å². The van der Waals surface area contributed by atoms with Crippen molar-refractivity contribution >= 4 is 11.8 Å². The Morgan fingerprint density at radius 1 is 1.32 bits per heavy atom. The minimum atomic E-state index is -0.291. The van der Waals surface area contributed by atoms with Crippen LogP contribution in [-0.2, 0) is 16.0 Å². The van der Waals surface area contributed by atoms with Gasteiger partial charge in [0.25, 0.3) is 0 Å². The monoisotopic (exact) mass is 305 g/mol. The molecule has 6 heteroatoms. The molecule has 1 fully saturated rings. The number of rotatable bonds is 4. The number of hydrogen-bond acceptors (Lipinski definition) is 4. The van der Waals surface area contributed by atoms with Crippen molar-refractivity contribution in [2.75, 3.05) is 40.8 Å². The van der Waals surface area contributed by atoms with Gasteiger partial charge in [0.2, 0.25) is 11.8 Å². The first-order valence-electron chi connectivity index (χ1n) is 7.38. The highest BCUT2D eigenvalue weighted by molar-refractivity contribution is 5.84. The summed E-state index contributed by atoms with van der Waals surface area (Å²) in [6.45, 7) is 1.75. The van der Waals surface area contributed by atoms with E-state index in [1.165, 1.54) is 0 Å². The van der Waals surface area contributed by atoms with Crippen LogP contribution in [0, 0.1) is 0 Å². The summed E-state index contributed by atoms with van der Waals surface area (Å²) in [4.78, 5) is 28.1. The molecular weight excluding hydrogens is 282 g/mol. The van der Waals surface area contributed by atoms with Crippen LogP contribution in [0.25, 0.3) is 0 Å². The lowest BCUT2D eigenvalue weighted by molar-refractivity contribution is -0.136. The fraction of sp³-hybridized carbons (Fsp3) is 0.500. The molecule has 1 atom stereocenters. The molecule has 0 spiro atoms. The maximum atomic E-state index is 12.5. The first kappa shape index (κ1) is 16.3. The van der Waals surface area contributed by atoms with E-state index in [0.29, 0.717) is 25.4 Å². The molecule has 1 heterocycles. The number of carbonyl (C=O) groups is 2. The lowest BCUT2D eigenvalue weighted by Gasteiger charge is -2.38. The Hall–Kier alpha value is -2.08. The average Bonchev–Trinajstić information content (AvgIpc) is 2.55. The van der Waals surface area contributed by atoms with Gasteiger partial charge in [-0.25, -0.2) is 0 Å². The maximum absolute atomic E-state index is 12.5. The fourth-order valence-corrected chi connectivity index (χ4v) is 2.67. The molecule has 22 heavy (non-hydrogen) atoms. The van der Waals surface area contributed by atoms with E-state index in [9.17, 15) is 9.59 Å². The molecule has 1 aliphatic rings. The number of amides is 2. The van der Waals surface area contributed by atoms with Crippen molar-refractivity contribution in [2.24, 2.45) is 0 Å². The molecule has 120 valence electrons. The van der Waals surface area contributed by atoms with Crippen molar-refractivity contribution in [1.29, 1.82) is 0 Å². The Bertz CT molecular complexity index is 547. The van der Waals surface area contributed by atoms with Crippen LogP contribution < -0.4 is 10.1 Å². The van der Waals surface area contributed by atoms with E-state index in [1.54, 1.807) is 19.1 Å². The van der Waals surface area contributed by atoms with Crippen LogP contribution in [0.1, 0.15) is 5.56 Å². The zero-order valence-electron chi connectivity index (χ0n) is 13.3. The summed E-state index contributed by atoms with van der Waals surface area (Å²) in [6, 6.07) is 7.22. The summed E-state index contributed by atoms with van der Waals surface area (Å²) < 4.78 is 5.28. The Labute approximate surface area is 131 Å². The maximum Gasteiger partial charge on any atom is 0.238 e. The summed E-state index contributed by atoms with van der Waals surface area (Å²) in [7, 11) is 5.12. The number of para-hydroxylation sites is 1. The summed E-state index contributed by atoms with van der Waals surface area (Å²) >= 11 is 0. The van der Waals surface area contributed by atoms with E-state index in [4.69, 9.17) is 4.74 Å². The Morgan fingerprint density at radius 3 is 2.73 bits per heavy atom. The van der Waals surface area contributed by atoms with Crippen molar-refractivity contribution < 1.29 is 14.3 Å². The molecule has 2 amide bonds. The standard InChI is InChI=1S/C16H23N3O3/c1-17-16(21)13-11-19(9-8-18(13)2)15(20)10-12-6-4-5-7-14(12)22-3/h4-7,13H,8-11H2,1-3H3,(H,17,21)/t13-/m1/s1. The van der Waals surface area contributed by atoms with Crippen LogP contribution in [0.3, 0.4) is 0 Å². The Balaban J connectivity index is 2.05. The highest BCUT2D eigenvalue weighted by Gasteiger charge is 2.31. The summed E-state index contributed by atoms with van der Waals surface area (Å²) in [5.41, 5.74) is 0.866. The van der Waals surface area contributed by atoms with E-state index in [2.05, 4.69) is 5.32 Å². The van der Waals surface area contributed by atoms with Crippen LogP contribution in [0.15, 0.2) is 24.3 Å². The quantitative estimate of drug-likeness (QED) is 0.859. The molecule has 6 nitrogen and oxygen atoms in total. The molecule has 0 bridgehead atoms. The van der Waals surface area contributed by atoms with E-state index in [0.717, 1.165) is 5.56 Å². The molecule has 0 unspecified atom stereocenters. The molecule has 0 radical (unpaired) electrons. The second-order valence-corrected chi connectivity index (χ2v) is 5.44. The van der Waals surface area contributed by atoms with E-state index < -0.39 is 0 Å². The van der Waals surface area contributed by atoms with Crippen molar-refractivity contribution in [3.05, 3.63) is 29.8 Å². The molecule has 1 saturated heterocycles. The van der Waals surface area contributed by atoms with E-state index in [-0.39, 0.29) is 24.3 Å². The first-order valence-corrected chi connectivity index (χ1v) is 7.38. The van der Waals surface area contributed by atoms with Gasteiger partial charge in [-0.15, -0.1) is 0 Å². The molecule has 0 aliphatic carbocycles. The molecule has 1 aliphatic heterocycles. The number of piperazine rings is 1. The molecule has 2 rings (SSSR count). The number of carbonyl (C=O) groups excluding carboxylic acids is 2. The number of ether oxygens (including phenoxy) is 1. The van der Waals surface area contributed by atoms with Gasteiger partial charge < -0.3 is 15.0 Å². The van der Waals surface area contributed by atoms with E-state index in [1.807, 2.05) is 36.2 Å².